The zero-order valence-corrected chi connectivity index (χ0v) is 12.7. The largest absolute Gasteiger partial charge is 0.350 e. The Morgan fingerprint density at radius 2 is 1.84 bits per heavy atom. The molecule has 0 aromatic rings. The first-order valence-electron chi connectivity index (χ1n) is 8.31. The molecular formula is C16H31NO2. The van der Waals surface area contributed by atoms with Gasteiger partial charge in [0.1, 0.15) is 0 Å². The second-order valence-corrected chi connectivity index (χ2v) is 6.08. The topological polar surface area (TPSA) is 30.5 Å². The minimum Gasteiger partial charge on any atom is -0.350 e. The summed E-state index contributed by atoms with van der Waals surface area (Å²) in [6.45, 7) is 7.25. The van der Waals surface area contributed by atoms with Crippen molar-refractivity contribution in [2.24, 2.45) is 11.8 Å². The van der Waals surface area contributed by atoms with Gasteiger partial charge in [0.15, 0.2) is 6.29 Å². The molecule has 1 saturated carbocycles. The van der Waals surface area contributed by atoms with Gasteiger partial charge in [0.05, 0.1) is 13.2 Å². The number of hydrogen-bond acceptors (Lipinski definition) is 3. The predicted octanol–water partition coefficient (Wildman–Crippen LogP) is 3.33. The third-order valence-electron chi connectivity index (χ3n) is 4.80. The van der Waals surface area contributed by atoms with E-state index in [-0.39, 0.29) is 6.29 Å². The average Bonchev–Trinajstić information content (AvgIpc) is 2.96. The van der Waals surface area contributed by atoms with Crippen molar-refractivity contribution < 1.29 is 9.47 Å². The molecule has 0 aromatic carbocycles. The summed E-state index contributed by atoms with van der Waals surface area (Å²) in [5.74, 6) is 1.71. The van der Waals surface area contributed by atoms with Gasteiger partial charge >= 0.3 is 0 Å². The second-order valence-electron chi connectivity index (χ2n) is 6.08. The SMILES string of the molecule is CCCNC(CC1OCCO1)C1CCCCC1CC. The molecule has 3 unspecified atom stereocenters. The van der Waals surface area contributed by atoms with E-state index < -0.39 is 0 Å². The Morgan fingerprint density at radius 1 is 1.11 bits per heavy atom. The summed E-state index contributed by atoms with van der Waals surface area (Å²) in [5.41, 5.74) is 0. The molecule has 2 fully saturated rings. The molecule has 0 aromatic heterocycles. The lowest BCUT2D eigenvalue weighted by atomic mass is 9.73. The van der Waals surface area contributed by atoms with E-state index in [1.165, 1.54) is 38.5 Å². The first-order chi connectivity index (χ1) is 9.35. The highest BCUT2D eigenvalue weighted by Crippen LogP contribution is 2.36. The van der Waals surface area contributed by atoms with Crippen LogP contribution in [0, 0.1) is 11.8 Å². The summed E-state index contributed by atoms with van der Waals surface area (Å²) >= 11 is 0. The van der Waals surface area contributed by atoms with Crippen LogP contribution in [0.2, 0.25) is 0 Å². The highest BCUT2D eigenvalue weighted by molar-refractivity contribution is 4.85. The van der Waals surface area contributed by atoms with Gasteiger partial charge in [-0.1, -0.05) is 39.5 Å². The fourth-order valence-corrected chi connectivity index (χ4v) is 3.76. The summed E-state index contributed by atoms with van der Waals surface area (Å²) in [4.78, 5) is 0. The van der Waals surface area contributed by atoms with Gasteiger partial charge in [-0.05, 0) is 31.2 Å². The van der Waals surface area contributed by atoms with Crippen LogP contribution >= 0.6 is 0 Å². The Labute approximate surface area is 118 Å². The van der Waals surface area contributed by atoms with E-state index in [9.17, 15) is 0 Å². The van der Waals surface area contributed by atoms with Gasteiger partial charge < -0.3 is 14.8 Å². The van der Waals surface area contributed by atoms with Crippen molar-refractivity contribution >= 4 is 0 Å². The summed E-state index contributed by atoms with van der Waals surface area (Å²) in [6, 6.07) is 0.577. The molecule has 3 atom stereocenters. The lowest BCUT2D eigenvalue weighted by Crippen LogP contribution is -2.43. The van der Waals surface area contributed by atoms with Crippen LogP contribution in [0.3, 0.4) is 0 Å². The normalized spacial score (nSPS) is 30.6. The van der Waals surface area contributed by atoms with Gasteiger partial charge in [-0.25, -0.2) is 0 Å². The van der Waals surface area contributed by atoms with Crippen molar-refractivity contribution in [1.82, 2.24) is 5.32 Å². The van der Waals surface area contributed by atoms with Crippen LogP contribution < -0.4 is 5.32 Å². The summed E-state index contributed by atoms with van der Waals surface area (Å²) in [7, 11) is 0. The van der Waals surface area contributed by atoms with Gasteiger partial charge in [-0.2, -0.15) is 0 Å². The van der Waals surface area contributed by atoms with Crippen molar-refractivity contribution in [3.05, 3.63) is 0 Å². The number of rotatable bonds is 7. The molecule has 1 saturated heterocycles. The van der Waals surface area contributed by atoms with Gasteiger partial charge in [0.25, 0.3) is 0 Å². The van der Waals surface area contributed by atoms with E-state index in [0.29, 0.717) is 6.04 Å². The van der Waals surface area contributed by atoms with Crippen LogP contribution in [-0.4, -0.2) is 32.1 Å². The molecule has 1 heterocycles. The molecule has 1 aliphatic carbocycles. The maximum absolute atomic E-state index is 5.66. The Kier molecular flexibility index (Phi) is 6.62. The molecule has 0 amide bonds. The lowest BCUT2D eigenvalue weighted by Gasteiger charge is -2.38. The smallest absolute Gasteiger partial charge is 0.159 e. The maximum atomic E-state index is 5.66. The van der Waals surface area contributed by atoms with E-state index >= 15 is 0 Å². The third-order valence-corrected chi connectivity index (χ3v) is 4.80. The molecular weight excluding hydrogens is 238 g/mol. The average molecular weight is 269 g/mol. The van der Waals surface area contributed by atoms with Gasteiger partial charge in [-0.3, -0.25) is 0 Å². The molecule has 1 aliphatic heterocycles. The molecule has 112 valence electrons. The molecule has 0 radical (unpaired) electrons. The van der Waals surface area contributed by atoms with Crippen LogP contribution in [-0.2, 0) is 9.47 Å². The monoisotopic (exact) mass is 269 g/mol. The van der Waals surface area contributed by atoms with Crippen LogP contribution in [0.5, 0.6) is 0 Å². The van der Waals surface area contributed by atoms with E-state index in [1.54, 1.807) is 0 Å². The summed E-state index contributed by atoms with van der Waals surface area (Å²) in [5, 5.41) is 3.77. The zero-order valence-electron chi connectivity index (χ0n) is 12.7. The Balaban J connectivity index is 1.93. The Morgan fingerprint density at radius 3 is 2.53 bits per heavy atom. The standard InChI is InChI=1S/C16H31NO2/c1-3-9-17-15(12-16-18-10-11-19-16)14-8-6-5-7-13(14)4-2/h13-17H,3-12H2,1-2H3. The van der Waals surface area contributed by atoms with Crippen LogP contribution in [0.4, 0.5) is 0 Å². The highest BCUT2D eigenvalue weighted by atomic mass is 16.7. The highest BCUT2D eigenvalue weighted by Gasteiger charge is 2.33. The van der Waals surface area contributed by atoms with E-state index in [4.69, 9.17) is 9.47 Å². The van der Waals surface area contributed by atoms with Gasteiger partial charge in [0, 0.05) is 12.5 Å². The Bertz CT molecular complexity index is 241. The van der Waals surface area contributed by atoms with E-state index in [1.807, 2.05) is 0 Å². The second kappa shape index (κ2) is 8.23. The fraction of sp³-hybridized carbons (Fsp3) is 1.00. The number of hydrogen-bond donors (Lipinski definition) is 1. The van der Waals surface area contributed by atoms with Crippen molar-refractivity contribution in [3.63, 3.8) is 0 Å². The molecule has 3 nitrogen and oxygen atoms in total. The first-order valence-corrected chi connectivity index (χ1v) is 8.31. The fourth-order valence-electron chi connectivity index (χ4n) is 3.76. The van der Waals surface area contributed by atoms with E-state index in [0.717, 1.165) is 38.0 Å². The Hall–Kier alpha value is -0.120. The van der Waals surface area contributed by atoms with Crippen LogP contribution in [0.15, 0.2) is 0 Å². The van der Waals surface area contributed by atoms with E-state index in [2.05, 4.69) is 19.2 Å². The predicted molar refractivity (Wildman–Crippen MR) is 78.1 cm³/mol. The zero-order chi connectivity index (χ0) is 13.5. The summed E-state index contributed by atoms with van der Waals surface area (Å²) < 4.78 is 11.3. The molecule has 2 rings (SSSR count). The third kappa shape index (κ3) is 4.44. The molecule has 3 heteroatoms. The van der Waals surface area contributed by atoms with Crippen LogP contribution in [0.1, 0.15) is 58.8 Å². The van der Waals surface area contributed by atoms with Crippen LogP contribution in [0.25, 0.3) is 0 Å². The first kappa shape index (κ1) is 15.3. The molecule has 19 heavy (non-hydrogen) atoms. The maximum Gasteiger partial charge on any atom is 0.159 e. The van der Waals surface area contributed by atoms with Crippen molar-refractivity contribution in [2.45, 2.75) is 71.1 Å². The van der Waals surface area contributed by atoms with Crippen molar-refractivity contribution in [2.75, 3.05) is 19.8 Å². The molecule has 0 bridgehead atoms. The van der Waals surface area contributed by atoms with Gasteiger partial charge in [0.2, 0.25) is 0 Å². The quantitative estimate of drug-likeness (QED) is 0.769. The number of nitrogens with one attached hydrogen (secondary N) is 1. The minimum atomic E-state index is 0.0359. The van der Waals surface area contributed by atoms with Crippen molar-refractivity contribution in [1.29, 1.82) is 0 Å². The molecule has 1 N–H and O–H groups in total. The number of ether oxygens (including phenoxy) is 2. The van der Waals surface area contributed by atoms with Gasteiger partial charge in [-0.15, -0.1) is 0 Å². The van der Waals surface area contributed by atoms with Crippen molar-refractivity contribution in [3.8, 4) is 0 Å². The molecule has 0 spiro atoms. The lowest BCUT2D eigenvalue weighted by molar-refractivity contribution is -0.0600. The summed E-state index contributed by atoms with van der Waals surface area (Å²) in [6.07, 6.45) is 9.21. The minimum absolute atomic E-state index is 0.0359. The molecule has 2 aliphatic rings.